The van der Waals surface area contributed by atoms with Gasteiger partial charge in [-0.3, -0.25) is 0 Å². The topological polar surface area (TPSA) is 70.0 Å². The lowest BCUT2D eigenvalue weighted by molar-refractivity contribution is 0.272. The second-order valence-corrected chi connectivity index (χ2v) is 8.15. The lowest BCUT2D eigenvalue weighted by Gasteiger charge is -2.30. The fourth-order valence-corrected chi connectivity index (χ4v) is 2.72. The van der Waals surface area contributed by atoms with E-state index in [0.717, 1.165) is 0 Å². The summed E-state index contributed by atoms with van der Waals surface area (Å²) in [5.74, 6) is 0. The van der Waals surface area contributed by atoms with Crippen LogP contribution in [0, 0.1) is 5.41 Å². The van der Waals surface area contributed by atoms with Gasteiger partial charge in [-0.2, -0.15) is 5.10 Å². The molecule has 0 aliphatic carbocycles. The van der Waals surface area contributed by atoms with Crippen LogP contribution >= 0.6 is 0 Å². The Hall–Kier alpha value is -1.66. The number of hydrazone groups is 1. The van der Waals surface area contributed by atoms with E-state index < -0.39 is 15.9 Å². The lowest BCUT2D eigenvalue weighted by atomic mass is 9.86. The third kappa shape index (κ3) is 3.51. The Morgan fingerprint density at radius 3 is 2.52 bits per heavy atom. The van der Waals surface area contributed by atoms with E-state index in [-0.39, 0.29) is 10.3 Å². The molecule has 1 unspecified atom stereocenters. The van der Waals surface area contributed by atoms with Crippen LogP contribution in [0.1, 0.15) is 20.8 Å². The summed E-state index contributed by atoms with van der Waals surface area (Å²) in [6.45, 7) is 5.91. The number of sulfone groups is 1. The predicted octanol–water partition coefficient (Wildman–Crippen LogP) is 2.19. The molecule has 0 radical (unpaired) electrons. The average molecular weight is 308 g/mol. The highest BCUT2D eigenvalue weighted by Crippen LogP contribution is 2.27. The zero-order valence-electron chi connectivity index (χ0n) is 12.6. The molecule has 5 nitrogen and oxygen atoms in total. The molecule has 1 aromatic carbocycles. The first-order valence-electron chi connectivity index (χ1n) is 6.64. The molecular weight excluding hydrogens is 288 g/mol. The molecule has 0 saturated heterocycles. The van der Waals surface area contributed by atoms with Crippen molar-refractivity contribution in [3.63, 3.8) is 0 Å². The first-order chi connectivity index (χ1) is 9.59. The van der Waals surface area contributed by atoms with E-state index in [1.165, 1.54) is 6.26 Å². The summed E-state index contributed by atoms with van der Waals surface area (Å²) in [6.07, 6.45) is 3.73. The van der Waals surface area contributed by atoms with Crippen LogP contribution in [0.3, 0.4) is 0 Å². The molecule has 0 fully saturated rings. The average Bonchev–Trinajstić information content (AvgIpc) is 2.37. The Morgan fingerprint density at radius 2 is 1.95 bits per heavy atom. The maximum atomic E-state index is 11.6. The van der Waals surface area contributed by atoms with Crippen molar-refractivity contribution in [1.29, 1.82) is 0 Å². The van der Waals surface area contributed by atoms with Gasteiger partial charge in [-0.1, -0.05) is 26.8 Å². The van der Waals surface area contributed by atoms with E-state index in [9.17, 15) is 13.5 Å². The molecule has 1 aliphatic rings. The van der Waals surface area contributed by atoms with Crippen LogP contribution in [0.4, 0.5) is 5.69 Å². The van der Waals surface area contributed by atoms with Crippen molar-refractivity contribution in [2.75, 3.05) is 11.3 Å². The van der Waals surface area contributed by atoms with Gasteiger partial charge in [0.05, 0.1) is 16.3 Å². The Bertz CT molecular complexity index is 700. The first kappa shape index (κ1) is 15.7. The molecule has 0 spiro atoms. The van der Waals surface area contributed by atoms with Gasteiger partial charge < -0.3 is 5.11 Å². The van der Waals surface area contributed by atoms with E-state index in [1.54, 1.807) is 41.6 Å². The van der Waals surface area contributed by atoms with Gasteiger partial charge >= 0.3 is 0 Å². The summed E-state index contributed by atoms with van der Waals surface area (Å²) >= 11 is 0. The van der Waals surface area contributed by atoms with Gasteiger partial charge in [0.2, 0.25) is 0 Å². The molecule has 1 heterocycles. The second kappa shape index (κ2) is 5.27. The van der Waals surface area contributed by atoms with Crippen LogP contribution in [0.15, 0.2) is 46.5 Å². The quantitative estimate of drug-likeness (QED) is 0.909. The maximum Gasteiger partial charge on any atom is 0.175 e. The summed E-state index contributed by atoms with van der Waals surface area (Å²) in [4.78, 5) is 0.243. The van der Waals surface area contributed by atoms with Crippen molar-refractivity contribution in [3.05, 3.63) is 36.5 Å². The highest BCUT2D eigenvalue weighted by Gasteiger charge is 2.28. The van der Waals surface area contributed by atoms with Crippen LogP contribution in [0.5, 0.6) is 0 Å². The molecular formula is C15H20N2O3S. The van der Waals surface area contributed by atoms with E-state index in [2.05, 4.69) is 5.10 Å². The Labute approximate surface area is 125 Å². The van der Waals surface area contributed by atoms with Crippen LogP contribution in [0.2, 0.25) is 0 Å². The summed E-state index contributed by atoms with van der Waals surface area (Å²) in [7, 11) is -3.27. The molecule has 114 valence electrons. The summed E-state index contributed by atoms with van der Waals surface area (Å²) in [5, 5.41) is 16.0. The minimum absolute atomic E-state index is 0.243. The smallest absolute Gasteiger partial charge is 0.175 e. The van der Waals surface area contributed by atoms with E-state index in [4.69, 9.17) is 0 Å². The number of benzene rings is 1. The molecule has 1 atom stereocenters. The van der Waals surface area contributed by atoms with Crippen molar-refractivity contribution in [2.45, 2.75) is 31.8 Å². The summed E-state index contributed by atoms with van der Waals surface area (Å²) in [5.41, 5.74) is 0.995. The highest BCUT2D eigenvalue weighted by atomic mass is 32.2. The third-order valence-corrected chi connectivity index (χ3v) is 4.29. The van der Waals surface area contributed by atoms with Crippen molar-refractivity contribution < 1.29 is 13.5 Å². The molecule has 0 amide bonds. The molecule has 1 aromatic rings. The number of anilines is 1. The number of hydrogen-bond acceptors (Lipinski definition) is 5. The van der Waals surface area contributed by atoms with E-state index in [0.29, 0.717) is 11.4 Å². The zero-order chi connectivity index (χ0) is 15.8. The minimum Gasteiger partial charge on any atom is -0.383 e. The monoisotopic (exact) mass is 308 g/mol. The van der Waals surface area contributed by atoms with Gasteiger partial charge in [0.25, 0.3) is 0 Å². The molecule has 0 aromatic heterocycles. The van der Waals surface area contributed by atoms with Gasteiger partial charge in [0.1, 0.15) is 6.10 Å². The SMILES string of the molecule is CC(C)(C)C1=NN(c2cccc(S(C)(=O)=O)c2)C=CC1O. The van der Waals surface area contributed by atoms with Crippen molar-refractivity contribution in [1.82, 2.24) is 0 Å². The molecule has 0 bridgehead atoms. The van der Waals surface area contributed by atoms with Crippen LogP contribution in [-0.4, -0.2) is 31.6 Å². The lowest BCUT2D eigenvalue weighted by Crippen LogP contribution is -2.36. The molecule has 0 saturated carbocycles. The first-order valence-corrected chi connectivity index (χ1v) is 8.53. The van der Waals surface area contributed by atoms with Gasteiger partial charge in [0, 0.05) is 17.9 Å². The van der Waals surface area contributed by atoms with Gasteiger partial charge in [-0.05, 0) is 24.3 Å². The van der Waals surface area contributed by atoms with Crippen LogP contribution < -0.4 is 5.01 Å². The number of aliphatic hydroxyl groups excluding tert-OH is 1. The predicted molar refractivity (Wildman–Crippen MR) is 84.1 cm³/mol. The standard InChI is InChI=1S/C15H20N2O3S/c1-15(2,3)14-13(18)8-9-17(16-14)11-6-5-7-12(10-11)21(4,19)20/h5-10,13,18H,1-4H3. The second-order valence-electron chi connectivity index (χ2n) is 6.14. The minimum atomic E-state index is -3.27. The molecule has 1 aliphatic heterocycles. The molecule has 6 heteroatoms. The zero-order valence-corrected chi connectivity index (χ0v) is 13.4. The highest BCUT2D eigenvalue weighted by molar-refractivity contribution is 7.90. The number of nitrogens with zero attached hydrogens (tertiary/aromatic N) is 2. The van der Waals surface area contributed by atoms with Crippen LogP contribution in [-0.2, 0) is 9.84 Å². The summed E-state index contributed by atoms with van der Waals surface area (Å²) in [6, 6.07) is 6.58. The Kier molecular flexibility index (Phi) is 3.95. The number of rotatable bonds is 2. The molecule has 2 rings (SSSR count). The van der Waals surface area contributed by atoms with Crippen LogP contribution in [0.25, 0.3) is 0 Å². The van der Waals surface area contributed by atoms with Crippen molar-refractivity contribution in [2.24, 2.45) is 10.5 Å². The van der Waals surface area contributed by atoms with Gasteiger partial charge in [-0.25, -0.2) is 13.4 Å². The van der Waals surface area contributed by atoms with Crippen molar-refractivity contribution in [3.8, 4) is 0 Å². The van der Waals surface area contributed by atoms with Crippen molar-refractivity contribution >= 4 is 21.2 Å². The summed E-state index contributed by atoms with van der Waals surface area (Å²) < 4.78 is 23.3. The normalized spacial score (nSPS) is 19.6. The number of hydrogen-bond donors (Lipinski definition) is 1. The fourth-order valence-electron chi connectivity index (χ4n) is 2.06. The number of aliphatic hydroxyl groups is 1. The van der Waals surface area contributed by atoms with Gasteiger partial charge in [0.15, 0.2) is 9.84 Å². The molecule has 21 heavy (non-hydrogen) atoms. The Morgan fingerprint density at radius 1 is 1.29 bits per heavy atom. The fraction of sp³-hybridized carbons (Fsp3) is 0.400. The van der Waals surface area contributed by atoms with E-state index >= 15 is 0 Å². The van der Waals surface area contributed by atoms with E-state index in [1.807, 2.05) is 20.8 Å². The van der Waals surface area contributed by atoms with Gasteiger partial charge in [-0.15, -0.1) is 0 Å². The maximum absolute atomic E-state index is 11.6. The Balaban J connectivity index is 2.44. The third-order valence-electron chi connectivity index (χ3n) is 3.18. The largest absolute Gasteiger partial charge is 0.383 e. The molecule has 1 N–H and O–H groups in total.